The molecule has 0 unspecified atom stereocenters. The molecule has 1 aliphatic heterocycles. The molecule has 4 nitrogen and oxygen atoms in total. The van der Waals surface area contributed by atoms with Crippen LogP contribution in [-0.2, 0) is 6.61 Å². The van der Waals surface area contributed by atoms with Crippen LogP contribution in [0.5, 0.6) is 17.2 Å². The second kappa shape index (κ2) is 5.05. The average Bonchev–Trinajstić information content (AvgIpc) is 3.13. The molecule has 0 amide bonds. The number of phenols is 2. The first-order valence-electron chi connectivity index (χ1n) is 7.99. The van der Waals surface area contributed by atoms with Gasteiger partial charge >= 0.3 is 0 Å². The first-order chi connectivity index (χ1) is 12.2. The van der Waals surface area contributed by atoms with Crippen LogP contribution in [0, 0.1) is 0 Å². The Bertz CT molecular complexity index is 1110. The van der Waals surface area contributed by atoms with Gasteiger partial charge in [-0.15, -0.1) is 0 Å². The zero-order valence-corrected chi connectivity index (χ0v) is 13.2. The van der Waals surface area contributed by atoms with Crippen LogP contribution in [-0.4, -0.2) is 10.2 Å². The summed E-state index contributed by atoms with van der Waals surface area (Å²) in [5.74, 6) is 1.84. The maximum Gasteiger partial charge on any atom is 0.139 e. The normalized spacial score (nSPS) is 12.5. The molecule has 4 heteroatoms. The SMILES string of the molecule is Oc1ccc2c(c1)COc1c-2cc2ccc(O)cc2c1-c1ccco1. The molecule has 0 bridgehead atoms. The molecular weight excluding hydrogens is 316 g/mol. The van der Waals surface area contributed by atoms with E-state index in [9.17, 15) is 10.2 Å². The molecule has 122 valence electrons. The molecule has 0 fully saturated rings. The Morgan fingerprint density at radius 1 is 0.840 bits per heavy atom. The third-order valence-electron chi connectivity index (χ3n) is 4.60. The highest BCUT2D eigenvalue weighted by Crippen LogP contribution is 2.48. The Kier molecular flexibility index (Phi) is 2.82. The van der Waals surface area contributed by atoms with E-state index in [1.54, 1.807) is 30.5 Å². The van der Waals surface area contributed by atoms with Crippen LogP contribution in [0.4, 0.5) is 0 Å². The van der Waals surface area contributed by atoms with Crippen LogP contribution >= 0.6 is 0 Å². The molecule has 1 aromatic heterocycles. The molecule has 3 aromatic carbocycles. The van der Waals surface area contributed by atoms with Crippen molar-refractivity contribution in [3.8, 4) is 39.7 Å². The molecule has 0 radical (unpaired) electrons. The molecule has 4 aromatic rings. The van der Waals surface area contributed by atoms with Crippen molar-refractivity contribution in [1.82, 2.24) is 0 Å². The lowest BCUT2D eigenvalue weighted by molar-refractivity contribution is 0.302. The molecule has 0 saturated carbocycles. The van der Waals surface area contributed by atoms with Crippen LogP contribution in [0.25, 0.3) is 33.2 Å². The summed E-state index contributed by atoms with van der Waals surface area (Å²) >= 11 is 0. The largest absolute Gasteiger partial charge is 0.508 e. The van der Waals surface area contributed by atoms with Gasteiger partial charge in [-0.05, 0) is 53.4 Å². The maximum atomic E-state index is 9.95. The van der Waals surface area contributed by atoms with E-state index >= 15 is 0 Å². The van der Waals surface area contributed by atoms with Crippen molar-refractivity contribution in [1.29, 1.82) is 0 Å². The predicted molar refractivity (Wildman–Crippen MR) is 94.7 cm³/mol. The number of hydrogen-bond acceptors (Lipinski definition) is 4. The zero-order chi connectivity index (χ0) is 17.0. The van der Waals surface area contributed by atoms with Gasteiger partial charge in [-0.3, -0.25) is 0 Å². The summed E-state index contributed by atoms with van der Waals surface area (Å²) < 4.78 is 11.7. The van der Waals surface area contributed by atoms with E-state index in [1.807, 2.05) is 30.3 Å². The number of furan rings is 1. The Hall–Kier alpha value is -3.40. The smallest absolute Gasteiger partial charge is 0.139 e. The van der Waals surface area contributed by atoms with Crippen molar-refractivity contribution in [2.24, 2.45) is 0 Å². The van der Waals surface area contributed by atoms with Gasteiger partial charge in [-0.1, -0.05) is 12.1 Å². The van der Waals surface area contributed by atoms with E-state index in [-0.39, 0.29) is 11.5 Å². The van der Waals surface area contributed by atoms with E-state index in [0.717, 1.165) is 38.8 Å². The number of fused-ring (bicyclic) bond motifs is 4. The lowest BCUT2D eigenvalue weighted by Gasteiger charge is -2.24. The van der Waals surface area contributed by atoms with Crippen molar-refractivity contribution >= 4 is 10.8 Å². The summed E-state index contributed by atoms with van der Waals surface area (Å²) in [6.07, 6.45) is 1.62. The van der Waals surface area contributed by atoms with Crippen molar-refractivity contribution in [3.63, 3.8) is 0 Å². The Morgan fingerprint density at radius 2 is 1.68 bits per heavy atom. The van der Waals surface area contributed by atoms with Crippen LogP contribution in [0.3, 0.4) is 0 Å². The van der Waals surface area contributed by atoms with Gasteiger partial charge in [0.2, 0.25) is 0 Å². The number of phenolic OH excluding ortho intramolecular Hbond substituents is 2. The van der Waals surface area contributed by atoms with Crippen molar-refractivity contribution in [3.05, 3.63) is 66.4 Å². The zero-order valence-electron chi connectivity index (χ0n) is 13.2. The molecule has 0 atom stereocenters. The number of rotatable bonds is 1. The topological polar surface area (TPSA) is 62.8 Å². The van der Waals surface area contributed by atoms with Crippen LogP contribution < -0.4 is 4.74 Å². The molecule has 2 N–H and O–H groups in total. The minimum absolute atomic E-state index is 0.196. The fourth-order valence-corrected chi connectivity index (χ4v) is 3.49. The van der Waals surface area contributed by atoms with Gasteiger partial charge in [0.25, 0.3) is 0 Å². The van der Waals surface area contributed by atoms with Gasteiger partial charge in [0.1, 0.15) is 29.6 Å². The monoisotopic (exact) mass is 330 g/mol. The van der Waals surface area contributed by atoms with Crippen molar-refractivity contribution < 1.29 is 19.4 Å². The number of benzene rings is 3. The van der Waals surface area contributed by atoms with Crippen molar-refractivity contribution in [2.45, 2.75) is 6.61 Å². The van der Waals surface area contributed by atoms with E-state index in [2.05, 4.69) is 0 Å². The minimum atomic E-state index is 0.196. The predicted octanol–water partition coefficient (Wildman–Crippen LogP) is 5.07. The quantitative estimate of drug-likeness (QED) is 0.511. The summed E-state index contributed by atoms with van der Waals surface area (Å²) in [4.78, 5) is 0. The molecule has 0 spiro atoms. The fourth-order valence-electron chi connectivity index (χ4n) is 3.49. The second-order valence-corrected chi connectivity index (χ2v) is 6.14. The van der Waals surface area contributed by atoms with Gasteiger partial charge in [-0.2, -0.15) is 0 Å². The first kappa shape index (κ1) is 14.0. The summed E-state index contributed by atoms with van der Waals surface area (Å²) in [6, 6.07) is 16.4. The maximum absolute atomic E-state index is 9.95. The summed E-state index contributed by atoms with van der Waals surface area (Å²) in [5.41, 5.74) is 3.75. The summed E-state index contributed by atoms with van der Waals surface area (Å²) in [5, 5.41) is 21.5. The molecule has 5 rings (SSSR count). The molecular formula is C21H14O4. The third kappa shape index (κ3) is 2.08. The lowest BCUT2D eigenvalue weighted by atomic mass is 9.90. The Labute approximate surface area is 143 Å². The molecule has 0 saturated heterocycles. The van der Waals surface area contributed by atoms with Gasteiger partial charge in [-0.25, -0.2) is 0 Å². The first-order valence-corrected chi connectivity index (χ1v) is 7.99. The van der Waals surface area contributed by atoms with Crippen LogP contribution in [0.1, 0.15) is 5.56 Å². The number of aromatic hydroxyl groups is 2. The molecule has 0 aliphatic carbocycles. The Balaban J connectivity index is 1.91. The van der Waals surface area contributed by atoms with Gasteiger partial charge in [0.05, 0.1) is 11.8 Å². The van der Waals surface area contributed by atoms with E-state index in [0.29, 0.717) is 12.4 Å². The Morgan fingerprint density at radius 3 is 2.52 bits per heavy atom. The second-order valence-electron chi connectivity index (χ2n) is 6.14. The van der Waals surface area contributed by atoms with E-state index < -0.39 is 0 Å². The van der Waals surface area contributed by atoms with Gasteiger partial charge in [0.15, 0.2) is 0 Å². The number of hydrogen-bond donors (Lipinski definition) is 2. The summed E-state index contributed by atoms with van der Waals surface area (Å²) in [7, 11) is 0. The standard InChI is InChI=1S/C21H14O4/c22-14-5-6-16-13(8-14)11-25-21-18(16)9-12-3-4-15(23)10-17(12)20(21)19-2-1-7-24-19/h1-10,22-23H,11H2. The average molecular weight is 330 g/mol. The number of ether oxygens (including phenoxy) is 1. The molecule has 2 heterocycles. The fraction of sp³-hybridized carbons (Fsp3) is 0.0476. The summed E-state index contributed by atoms with van der Waals surface area (Å²) in [6.45, 7) is 0.370. The lowest BCUT2D eigenvalue weighted by Crippen LogP contribution is -2.07. The van der Waals surface area contributed by atoms with Crippen molar-refractivity contribution in [2.75, 3.05) is 0 Å². The van der Waals surface area contributed by atoms with Crippen LogP contribution in [0.15, 0.2) is 65.3 Å². The molecule has 25 heavy (non-hydrogen) atoms. The van der Waals surface area contributed by atoms with Crippen LogP contribution in [0.2, 0.25) is 0 Å². The molecule has 1 aliphatic rings. The minimum Gasteiger partial charge on any atom is -0.508 e. The van der Waals surface area contributed by atoms with Gasteiger partial charge in [0, 0.05) is 16.5 Å². The van der Waals surface area contributed by atoms with Gasteiger partial charge < -0.3 is 19.4 Å². The highest BCUT2D eigenvalue weighted by molar-refractivity contribution is 6.04. The van der Waals surface area contributed by atoms with E-state index in [4.69, 9.17) is 9.15 Å². The van der Waals surface area contributed by atoms with E-state index in [1.165, 1.54) is 0 Å². The highest BCUT2D eigenvalue weighted by atomic mass is 16.5. The highest BCUT2D eigenvalue weighted by Gasteiger charge is 2.25. The third-order valence-corrected chi connectivity index (χ3v) is 4.60.